The number of hydrogen-bond donors (Lipinski definition) is 2. The molecule has 0 aliphatic rings. The Hall–Kier alpha value is -1.61. The molecule has 0 atom stereocenters. The summed E-state index contributed by atoms with van der Waals surface area (Å²) >= 11 is 1.33. The van der Waals surface area contributed by atoms with Crippen LogP contribution >= 0.6 is 11.3 Å². The lowest BCUT2D eigenvalue weighted by atomic mass is 10.2. The summed E-state index contributed by atoms with van der Waals surface area (Å²) in [4.78, 5) is 1.03. The molecule has 0 amide bonds. The van der Waals surface area contributed by atoms with Crippen molar-refractivity contribution in [3.05, 3.63) is 40.8 Å². The van der Waals surface area contributed by atoms with Crippen LogP contribution in [0, 0.1) is 0 Å². The number of rotatable bonds is 10. The first-order valence-electron chi connectivity index (χ1n) is 8.57. The van der Waals surface area contributed by atoms with Gasteiger partial charge >= 0.3 is 0 Å². The Bertz CT molecular complexity index is 814. The summed E-state index contributed by atoms with van der Waals surface area (Å²) in [5.41, 5.74) is 0.958. The van der Waals surface area contributed by atoms with Crippen molar-refractivity contribution in [1.29, 1.82) is 0 Å². The average molecular weight is 399 g/mol. The van der Waals surface area contributed by atoms with Crippen LogP contribution in [0.5, 0.6) is 11.5 Å². The minimum absolute atomic E-state index is 0.122. The molecule has 26 heavy (non-hydrogen) atoms. The number of phenols is 1. The van der Waals surface area contributed by atoms with E-state index in [0.717, 1.165) is 23.4 Å². The van der Waals surface area contributed by atoms with Gasteiger partial charge in [0.2, 0.25) is 0 Å². The molecule has 2 aromatic rings. The topological polar surface area (TPSA) is 78.9 Å². The van der Waals surface area contributed by atoms with Gasteiger partial charge < -0.3 is 15.2 Å². The van der Waals surface area contributed by atoms with Crippen LogP contribution in [-0.4, -0.2) is 44.6 Å². The molecule has 2 N–H and O–H groups in total. The van der Waals surface area contributed by atoms with Crippen molar-refractivity contribution < 1.29 is 18.3 Å². The van der Waals surface area contributed by atoms with Gasteiger partial charge in [-0.25, -0.2) is 8.42 Å². The van der Waals surface area contributed by atoms with Gasteiger partial charge in [0.15, 0.2) is 11.5 Å². The van der Waals surface area contributed by atoms with E-state index in [2.05, 4.69) is 5.32 Å². The van der Waals surface area contributed by atoms with Gasteiger partial charge in [0.05, 0.1) is 7.11 Å². The Balaban J connectivity index is 1.87. The number of nitrogens with zero attached hydrogens (tertiary/aromatic N) is 1. The molecule has 0 unspecified atom stereocenters. The Morgan fingerprint density at radius 2 is 1.92 bits per heavy atom. The monoisotopic (exact) mass is 398 g/mol. The number of methoxy groups -OCH3 is 1. The third-order valence-corrected chi connectivity index (χ3v) is 7.72. The maximum absolute atomic E-state index is 12.5. The highest BCUT2D eigenvalue weighted by Crippen LogP contribution is 2.26. The largest absolute Gasteiger partial charge is 0.504 e. The van der Waals surface area contributed by atoms with Gasteiger partial charge in [-0.3, -0.25) is 0 Å². The summed E-state index contributed by atoms with van der Waals surface area (Å²) in [6.45, 7) is 5.98. The van der Waals surface area contributed by atoms with Gasteiger partial charge in [0.25, 0.3) is 10.0 Å². The van der Waals surface area contributed by atoms with Crippen LogP contribution in [0.2, 0.25) is 0 Å². The average Bonchev–Trinajstić information content (AvgIpc) is 3.09. The van der Waals surface area contributed by atoms with Crippen LogP contribution in [0.1, 0.15) is 24.3 Å². The van der Waals surface area contributed by atoms with Crippen molar-refractivity contribution in [2.75, 3.05) is 26.7 Å². The van der Waals surface area contributed by atoms with E-state index < -0.39 is 10.0 Å². The number of thiophene rings is 1. The van der Waals surface area contributed by atoms with E-state index in [1.807, 2.05) is 26.0 Å². The van der Waals surface area contributed by atoms with Gasteiger partial charge in [-0.1, -0.05) is 19.9 Å². The van der Waals surface area contributed by atoms with E-state index in [0.29, 0.717) is 29.6 Å². The molecular weight excluding hydrogens is 372 g/mol. The Labute approximate surface area is 159 Å². The molecule has 1 aromatic carbocycles. The molecule has 8 heteroatoms. The van der Waals surface area contributed by atoms with E-state index >= 15 is 0 Å². The van der Waals surface area contributed by atoms with Crippen LogP contribution in [0.25, 0.3) is 0 Å². The fraction of sp³-hybridized carbons (Fsp3) is 0.444. The van der Waals surface area contributed by atoms with Crippen LogP contribution < -0.4 is 10.1 Å². The van der Waals surface area contributed by atoms with Gasteiger partial charge in [0.1, 0.15) is 4.21 Å². The third kappa shape index (κ3) is 4.97. The number of hydrogen-bond acceptors (Lipinski definition) is 6. The molecule has 1 heterocycles. The highest BCUT2D eigenvalue weighted by atomic mass is 32.2. The second-order valence-electron chi connectivity index (χ2n) is 5.74. The van der Waals surface area contributed by atoms with Gasteiger partial charge in [-0.05, 0) is 36.2 Å². The zero-order valence-corrected chi connectivity index (χ0v) is 17.0. The van der Waals surface area contributed by atoms with E-state index in [9.17, 15) is 13.5 Å². The first kappa shape index (κ1) is 20.7. The van der Waals surface area contributed by atoms with Crippen LogP contribution in [-0.2, 0) is 23.0 Å². The lowest BCUT2D eigenvalue weighted by molar-refractivity contribution is 0.373. The Morgan fingerprint density at radius 1 is 1.19 bits per heavy atom. The number of aromatic hydroxyl groups is 1. The quantitative estimate of drug-likeness (QED) is 0.602. The maximum Gasteiger partial charge on any atom is 0.252 e. The van der Waals surface area contributed by atoms with Crippen molar-refractivity contribution in [3.8, 4) is 11.5 Å². The predicted octanol–water partition coefficient (Wildman–Crippen LogP) is 2.83. The molecule has 0 saturated heterocycles. The Kier molecular flexibility index (Phi) is 7.45. The fourth-order valence-electron chi connectivity index (χ4n) is 2.61. The minimum atomic E-state index is -3.37. The molecule has 6 nitrogen and oxygen atoms in total. The standard InChI is InChI=1S/C18H26N2O4S2/c1-4-20(5-2)26(22,23)18-9-7-15(25-18)10-11-19-13-14-6-8-17(24-3)16(21)12-14/h6-9,12,19,21H,4-5,10-11,13H2,1-3H3. The van der Waals surface area contributed by atoms with Gasteiger partial charge in [0, 0.05) is 31.1 Å². The van der Waals surface area contributed by atoms with E-state index in [-0.39, 0.29) is 5.75 Å². The second-order valence-corrected chi connectivity index (χ2v) is 9.08. The second kappa shape index (κ2) is 9.36. The zero-order valence-electron chi connectivity index (χ0n) is 15.4. The molecule has 0 bridgehead atoms. The highest BCUT2D eigenvalue weighted by Gasteiger charge is 2.23. The lowest BCUT2D eigenvalue weighted by Crippen LogP contribution is -2.29. The van der Waals surface area contributed by atoms with Crippen molar-refractivity contribution in [2.45, 2.75) is 31.0 Å². The van der Waals surface area contributed by atoms with E-state index in [4.69, 9.17) is 4.74 Å². The van der Waals surface area contributed by atoms with Gasteiger partial charge in [-0.2, -0.15) is 4.31 Å². The molecule has 144 valence electrons. The normalized spacial score (nSPS) is 11.8. The summed E-state index contributed by atoms with van der Waals surface area (Å²) in [5, 5.41) is 13.1. The first-order valence-corrected chi connectivity index (χ1v) is 10.8. The Morgan fingerprint density at radius 3 is 2.54 bits per heavy atom. The summed E-state index contributed by atoms with van der Waals surface area (Å²) in [5.74, 6) is 0.575. The van der Waals surface area contributed by atoms with Crippen LogP contribution in [0.15, 0.2) is 34.5 Å². The number of ether oxygens (including phenoxy) is 1. The summed E-state index contributed by atoms with van der Waals surface area (Å²) in [7, 11) is -1.86. The van der Waals surface area contributed by atoms with Crippen molar-refractivity contribution in [1.82, 2.24) is 9.62 Å². The van der Waals surface area contributed by atoms with Crippen LogP contribution in [0.3, 0.4) is 0 Å². The number of phenolic OH excluding ortho intramolecular Hbond substituents is 1. The number of nitrogens with one attached hydrogen (secondary N) is 1. The number of benzene rings is 1. The molecule has 0 saturated carbocycles. The van der Waals surface area contributed by atoms with Crippen molar-refractivity contribution >= 4 is 21.4 Å². The first-order chi connectivity index (χ1) is 12.4. The highest BCUT2D eigenvalue weighted by molar-refractivity contribution is 7.91. The summed E-state index contributed by atoms with van der Waals surface area (Å²) < 4.78 is 31.9. The van der Waals surface area contributed by atoms with Crippen LogP contribution in [0.4, 0.5) is 0 Å². The summed E-state index contributed by atoms with van der Waals surface area (Å²) in [6.07, 6.45) is 0.751. The molecule has 0 aliphatic heterocycles. The SMILES string of the molecule is CCN(CC)S(=O)(=O)c1ccc(CCNCc2ccc(OC)c(O)c2)s1. The fourth-order valence-corrected chi connectivity index (χ4v) is 5.58. The molecule has 0 radical (unpaired) electrons. The smallest absolute Gasteiger partial charge is 0.252 e. The van der Waals surface area contributed by atoms with Crippen molar-refractivity contribution in [3.63, 3.8) is 0 Å². The van der Waals surface area contributed by atoms with Crippen molar-refractivity contribution in [2.24, 2.45) is 0 Å². The molecule has 0 fully saturated rings. The zero-order chi connectivity index (χ0) is 19.2. The van der Waals surface area contributed by atoms with Gasteiger partial charge in [-0.15, -0.1) is 11.3 Å². The molecule has 0 spiro atoms. The number of sulfonamides is 1. The molecule has 1 aromatic heterocycles. The van der Waals surface area contributed by atoms with E-state index in [1.165, 1.54) is 22.8 Å². The molecular formula is C18H26N2O4S2. The predicted molar refractivity (Wildman–Crippen MR) is 104 cm³/mol. The maximum atomic E-state index is 12.5. The third-order valence-electron chi connectivity index (χ3n) is 4.06. The molecule has 0 aliphatic carbocycles. The summed E-state index contributed by atoms with van der Waals surface area (Å²) in [6, 6.07) is 8.87. The minimum Gasteiger partial charge on any atom is -0.504 e. The molecule has 2 rings (SSSR count). The lowest BCUT2D eigenvalue weighted by Gasteiger charge is -2.16. The van der Waals surface area contributed by atoms with E-state index in [1.54, 1.807) is 18.2 Å².